The lowest BCUT2D eigenvalue weighted by Gasteiger charge is -2.67. The van der Waals surface area contributed by atoms with Gasteiger partial charge >= 0.3 is 5.97 Å². The van der Waals surface area contributed by atoms with Gasteiger partial charge in [-0.3, -0.25) is 4.79 Å². The molecule has 0 N–H and O–H groups in total. The van der Waals surface area contributed by atoms with Crippen LogP contribution in [-0.4, -0.2) is 30.6 Å². The molecule has 1 heterocycles. The van der Waals surface area contributed by atoms with E-state index < -0.39 is 5.79 Å². The summed E-state index contributed by atoms with van der Waals surface area (Å²) in [6.45, 7) is 13.7. The van der Waals surface area contributed by atoms with E-state index in [0.717, 1.165) is 32.3 Å². The number of esters is 1. The van der Waals surface area contributed by atoms with E-state index in [0.29, 0.717) is 11.8 Å². The fourth-order valence-corrected chi connectivity index (χ4v) is 8.49. The zero-order valence-corrected chi connectivity index (χ0v) is 19.0. The zero-order valence-electron chi connectivity index (χ0n) is 19.0. The molecule has 7 atom stereocenters. The summed E-state index contributed by atoms with van der Waals surface area (Å²) < 4.78 is 18.7. The lowest BCUT2D eigenvalue weighted by molar-refractivity contribution is -0.332. The normalized spacial score (nSPS) is 51.5. The standard InChI is InChI=1S/C25H38O4/c1-16(26)28-19-8-9-21(2,3)17-7-10-24-11-12-25(14-24)15-27-22(4,5)29-20(25)13-18(24)23(17,19)6/h11-12,17-20H,7-10,13-15H2,1-6H3/t17-,18+,19+,20-,23-,24+,25-/m1/s1. The van der Waals surface area contributed by atoms with Crippen LogP contribution in [0.25, 0.3) is 0 Å². The maximum absolute atomic E-state index is 12.0. The third-order valence-corrected chi connectivity index (χ3v) is 9.70. The molecule has 2 spiro atoms. The van der Waals surface area contributed by atoms with E-state index in [2.05, 4.69) is 32.9 Å². The summed E-state index contributed by atoms with van der Waals surface area (Å²) >= 11 is 0. The highest BCUT2D eigenvalue weighted by Gasteiger charge is 2.70. The predicted molar refractivity (Wildman–Crippen MR) is 111 cm³/mol. The number of hydrogen-bond donors (Lipinski definition) is 0. The second-order valence-electron chi connectivity index (χ2n) is 12.1. The van der Waals surface area contributed by atoms with Crippen LogP contribution in [0.5, 0.6) is 0 Å². The van der Waals surface area contributed by atoms with E-state index in [1.807, 2.05) is 13.8 Å². The maximum Gasteiger partial charge on any atom is 0.302 e. The van der Waals surface area contributed by atoms with Gasteiger partial charge in [0.2, 0.25) is 0 Å². The number of hydrogen-bond acceptors (Lipinski definition) is 4. The van der Waals surface area contributed by atoms with Crippen molar-refractivity contribution in [2.75, 3.05) is 6.61 Å². The summed E-state index contributed by atoms with van der Waals surface area (Å²) in [5.74, 6) is 0.383. The molecule has 0 unspecified atom stereocenters. The van der Waals surface area contributed by atoms with Gasteiger partial charge in [-0.1, -0.05) is 32.9 Å². The Bertz CT molecular complexity index is 754. The number of carbonyl (C=O) groups excluding carboxylic acids is 1. The summed E-state index contributed by atoms with van der Waals surface area (Å²) in [4.78, 5) is 12.0. The van der Waals surface area contributed by atoms with Crippen molar-refractivity contribution in [2.24, 2.45) is 33.5 Å². The first-order valence-electron chi connectivity index (χ1n) is 11.6. The zero-order chi connectivity index (χ0) is 20.9. The Morgan fingerprint density at radius 2 is 1.72 bits per heavy atom. The summed E-state index contributed by atoms with van der Waals surface area (Å²) in [7, 11) is 0. The van der Waals surface area contributed by atoms with Crippen molar-refractivity contribution in [2.45, 2.75) is 98.1 Å². The highest BCUT2D eigenvalue weighted by Crippen LogP contribution is 2.73. The fourth-order valence-electron chi connectivity index (χ4n) is 8.49. The minimum Gasteiger partial charge on any atom is -0.462 e. The van der Waals surface area contributed by atoms with E-state index in [-0.39, 0.29) is 39.8 Å². The topological polar surface area (TPSA) is 44.8 Å². The monoisotopic (exact) mass is 402 g/mol. The molecule has 0 amide bonds. The summed E-state index contributed by atoms with van der Waals surface area (Å²) in [5.41, 5.74) is 0.482. The average Bonchev–Trinajstić information content (AvgIpc) is 2.91. The van der Waals surface area contributed by atoms with E-state index in [1.54, 1.807) is 6.92 Å². The SMILES string of the molecule is CC(=O)O[C@H]1CCC(C)(C)[C@H]2CC[C@@]34C=C[C@]5(COC(C)(C)O[C@@H]5C[C@H]3[C@]12C)C4. The molecule has 1 saturated heterocycles. The molecular weight excluding hydrogens is 364 g/mol. The molecule has 0 radical (unpaired) electrons. The lowest BCUT2D eigenvalue weighted by Crippen LogP contribution is -2.65. The Balaban J connectivity index is 1.58. The highest BCUT2D eigenvalue weighted by atomic mass is 16.7. The third-order valence-electron chi connectivity index (χ3n) is 9.70. The van der Waals surface area contributed by atoms with Crippen LogP contribution >= 0.6 is 0 Å². The first-order valence-corrected chi connectivity index (χ1v) is 11.6. The fraction of sp³-hybridized carbons (Fsp3) is 0.880. The number of carbonyl (C=O) groups is 1. The minimum absolute atomic E-state index is 0.00884. The second kappa shape index (κ2) is 5.88. The second-order valence-corrected chi connectivity index (χ2v) is 12.1. The van der Waals surface area contributed by atoms with Crippen molar-refractivity contribution in [1.82, 2.24) is 0 Å². The number of ether oxygens (including phenoxy) is 3. The molecule has 4 fully saturated rings. The Kier molecular flexibility index (Phi) is 4.07. The smallest absolute Gasteiger partial charge is 0.302 e. The molecule has 5 aliphatic rings. The largest absolute Gasteiger partial charge is 0.462 e. The molecule has 29 heavy (non-hydrogen) atoms. The molecule has 0 aromatic rings. The van der Waals surface area contributed by atoms with Crippen molar-refractivity contribution in [1.29, 1.82) is 0 Å². The summed E-state index contributed by atoms with van der Waals surface area (Å²) in [6, 6.07) is 0. The molecule has 0 aromatic carbocycles. The summed E-state index contributed by atoms with van der Waals surface area (Å²) in [6.07, 6.45) is 11.9. The molecule has 2 bridgehead atoms. The Morgan fingerprint density at radius 1 is 1.00 bits per heavy atom. The number of rotatable bonds is 1. The molecule has 1 aliphatic heterocycles. The van der Waals surface area contributed by atoms with Crippen LogP contribution in [0, 0.1) is 33.5 Å². The molecule has 162 valence electrons. The quantitative estimate of drug-likeness (QED) is 0.443. The van der Waals surface area contributed by atoms with Gasteiger partial charge in [0.25, 0.3) is 0 Å². The first-order chi connectivity index (χ1) is 13.4. The molecule has 4 heteroatoms. The molecular formula is C25H38O4. The van der Waals surface area contributed by atoms with Crippen LogP contribution in [0.4, 0.5) is 0 Å². The van der Waals surface area contributed by atoms with Gasteiger partial charge in [-0.25, -0.2) is 0 Å². The Labute approximate surface area is 175 Å². The van der Waals surface area contributed by atoms with Crippen LogP contribution in [0.15, 0.2) is 12.2 Å². The van der Waals surface area contributed by atoms with E-state index in [4.69, 9.17) is 14.2 Å². The van der Waals surface area contributed by atoms with Crippen molar-refractivity contribution < 1.29 is 19.0 Å². The minimum atomic E-state index is -0.525. The Morgan fingerprint density at radius 3 is 2.45 bits per heavy atom. The van der Waals surface area contributed by atoms with Crippen molar-refractivity contribution in [3.63, 3.8) is 0 Å². The van der Waals surface area contributed by atoms with Crippen LogP contribution in [0.3, 0.4) is 0 Å². The van der Waals surface area contributed by atoms with E-state index >= 15 is 0 Å². The van der Waals surface area contributed by atoms with E-state index in [1.165, 1.54) is 12.8 Å². The lowest BCUT2D eigenvalue weighted by atomic mass is 9.39. The maximum atomic E-state index is 12.0. The van der Waals surface area contributed by atoms with Crippen LogP contribution < -0.4 is 0 Å². The van der Waals surface area contributed by atoms with Gasteiger partial charge in [-0.2, -0.15) is 0 Å². The highest BCUT2D eigenvalue weighted by molar-refractivity contribution is 5.66. The molecule has 5 rings (SSSR count). The van der Waals surface area contributed by atoms with Gasteiger partial charge in [0, 0.05) is 17.8 Å². The van der Waals surface area contributed by atoms with Gasteiger partial charge < -0.3 is 14.2 Å². The van der Waals surface area contributed by atoms with E-state index in [9.17, 15) is 4.79 Å². The number of allylic oxidation sites excluding steroid dienone is 1. The van der Waals surface area contributed by atoms with Crippen molar-refractivity contribution >= 4 is 5.97 Å². The predicted octanol–water partition coefficient (Wildman–Crippen LogP) is 5.26. The average molecular weight is 403 g/mol. The molecule has 4 nitrogen and oxygen atoms in total. The Hall–Kier alpha value is -0.870. The van der Waals surface area contributed by atoms with Crippen molar-refractivity contribution in [3.05, 3.63) is 12.2 Å². The van der Waals surface area contributed by atoms with Gasteiger partial charge in [-0.15, -0.1) is 0 Å². The number of fused-ring (bicyclic) bond motifs is 2. The summed E-state index contributed by atoms with van der Waals surface area (Å²) in [5, 5.41) is 0. The van der Waals surface area contributed by atoms with Gasteiger partial charge in [0.05, 0.1) is 12.7 Å². The molecule has 4 aliphatic carbocycles. The molecule has 0 aromatic heterocycles. The van der Waals surface area contributed by atoms with Gasteiger partial charge in [-0.05, 0) is 75.0 Å². The van der Waals surface area contributed by atoms with Crippen LogP contribution in [0.2, 0.25) is 0 Å². The third kappa shape index (κ3) is 2.67. The van der Waals surface area contributed by atoms with Crippen LogP contribution in [-0.2, 0) is 19.0 Å². The van der Waals surface area contributed by atoms with Crippen molar-refractivity contribution in [3.8, 4) is 0 Å². The first kappa shape index (κ1) is 20.1. The van der Waals surface area contributed by atoms with Gasteiger partial charge in [0.15, 0.2) is 5.79 Å². The molecule has 3 saturated carbocycles. The van der Waals surface area contributed by atoms with Gasteiger partial charge in [0.1, 0.15) is 6.10 Å². The van der Waals surface area contributed by atoms with Crippen LogP contribution in [0.1, 0.15) is 80.1 Å².